The number of hydrogen-bond acceptors (Lipinski definition) is 7. The van der Waals surface area contributed by atoms with Crippen molar-refractivity contribution < 1.29 is 28.9 Å². The minimum atomic E-state index is -0.805. The highest BCUT2D eigenvalue weighted by Gasteiger charge is 2.30. The molecule has 0 bridgehead atoms. The molecule has 5 rings (SSSR count). The zero-order valence-corrected chi connectivity index (χ0v) is 26.1. The summed E-state index contributed by atoms with van der Waals surface area (Å²) in [5.41, 5.74) is 2.28. The van der Waals surface area contributed by atoms with E-state index in [0.29, 0.717) is 49.2 Å². The van der Waals surface area contributed by atoms with Crippen LogP contribution in [0, 0.1) is 11.3 Å². The van der Waals surface area contributed by atoms with Gasteiger partial charge in [-0.3, -0.25) is 14.5 Å². The maximum atomic E-state index is 14.2. The van der Waals surface area contributed by atoms with Gasteiger partial charge in [-0.25, -0.2) is 4.98 Å². The number of piperidine rings is 1. The van der Waals surface area contributed by atoms with E-state index in [0.717, 1.165) is 48.7 Å². The van der Waals surface area contributed by atoms with Gasteiger partial charge in [0.15, 0.2) is 0 Å². The molecule has 1 fully saturated rings. The molecule has 1 saturated heterocycles. The number of carbonyl (C=O) groups excluding carboxylic acids is 1. The Hall–Kier alpha value is -4.27. The van der Waals surface area contributed by atoms with Gasteiger partial charge in [-0.2, -0.15) is 0 Å². The van der Waals surface area contributed by atoms with Crippen LogP contribution in [0.3, 0.4) is 0 Å². The molecule has 3 aromatic rings. The molecule has 9 nitrogen and oxygen atoms in total. The first-order valence-corrected chi connectivity index (χ1v) is 15.4. The van der Waals surface area contributed by atoms with Crippen molar-refractivity contribution in [3.8, 4) is 17.2 Å². The fourth-order valence-corrected chi connectivity index (χ4v) is 5.98. The molecular weight excluding hydrogens is 558 g/mol. The molecule has 0 spiro atoms. The van der Waals surface area contributed by atoms with Crippen molar-refractivity contribution in [2.24, 2.45) is 11.3 Å². The first-order chi connectivity index (χ1) is 21.1. The van der Waals surface area contributed by atoms with Crippen LogP contribution in [0.1, 0.15) is 68.3 Å². The number of fused-ring (bicyclic) bond motifs is 1. The van der Waals surface area contributed by atoms with E-state index in [1.165, 1.54) is 0 Å². The summed E-state index contributed by atoms with van der Waals surface area (Å²) >= 11 is 0. The van der Waals surface area contributed by atoms with Crippen molar-refractivity contribution in [2.75, 3.05) is 49.8 Å². The smallest absolute Gasteiger partial charge is 0.303 e. The van der Waals surface area contributed by atoms with Gasteiger partial charge in [0.25, 0.3) is 5.91 Å². The van der Waals surface area contributed by atoms with Crippen LogP contribution in [-0.4, -0.2) is 61.9 Å². The number of carboxylic acid groups (broad SMARTS) is 1. The summed E-state index contributed by atoms with van der Waals surface area (Å²) < 4.78 is 17.5. The van der Waals surface area contributed by atoms with Crippen molar-refractivity contribution in [2.45, 2.75) is 52.4 Å². The number of aromatic nitrogens is 1. The standard InChI is InChI=1S/C35H43N3O6/c1-35(2,3)23-38(32-7-5-6-15-36-32)34(41)28-10-8-26(42-4)21-30(28)37-16-12-24(13-17-37)22-44-27-9-11-31-29(20-27)25(14-18-43-31)19-33(39)40/h5-11,15,20-21,24-25H,12-14,16-19,22-23H2,1-4H3,(H,39,40). The molecule has 2 aliphatic heterocycles. The minimum Gasteiger partial charge on any atom is -0.497 e. The topological polar surface area (TPSA) is 101 Å². The lowest BCUT2D eigenvalue weighted by Gasteiger charge is -2.36. The second-order valence-corrected chi connectivity index (χ2v) is 12.9. The number of carbonyl (C=O) groups is 2. The van der Waals surface area contributed by atoms with Gasteiger partial charge in [0, 0.05) is 43.4 Å². The average molecular weight is 602 g/mol. The van der Waals surface area contributed by atoms with Crippen LogP contribution in [-0.2, 0) is 4.79 Å². The van der Waals surface area contributed by atoms with E-state index in [4.69, 9.17) is 14.2 Å². The molecule has 1 amide bonds. The molecule has 44 heavy (non-hydrogen) atoms. The highest BCUT2D eigenvalue weighted by atomic mass is 16.5. The van der Waals surface area contributed by atoms with Gasteiger partial charge < -0.3 is 24.2 Å². The summed E-state index contributed by atoms with van der Waals surface area (Å²) in [6.07, 6.45) is 4.31. The third kappa shape index (κ3) is 7.62. The lowest BCUT2D eigenvalue weighted by atomic mass is 9.90. The lowest BCUT2D eigenvalue weighted by molar-refractivity contribution is -0.137. The molecule has 2 aliphatic rings. The van der Waals surface area contributed by atoms with E-state index in [9.17, 15) is 14.7 Å². The number of methoxy groups -OCH3 is 1. The fourth-order valence-electron chi connectivity index (χ4n) is 5.98. The summed E-state index contributed by atoms with van der Waals surface area (Å²) in [6, 6.07) is 17.0. The number of pyridine rings is 1. The van der Waals surface area contributed by atoms with Crippen LogP contribution >= 0.6 is 0 Å². The molecule has 234 valence electrons. The molecular formula is C35H43N3O6. The van der Waals surface area contributed by atoms with Crippen molar-refractivity contribution in [1.82, 2.24) is 4.98 Å². The Morgan fingerprint density at radius 3 is 2.50 bits per heavy atom. The second-order valence-electron chi connectivity index (χ2n) is 12.9. The lowest BCUT2D eigenvalue weighted by Crippen LogP contribution is -2.40. The van der Waals surface area contributed by atoms with Crippen LogP contribution in [0.25, 0.3) is 0 Å². The predicted molar refractivity (Wildman–Crippen MR) is 170 cm³/mol. The molecule has 1 atom stereocenters. The van der Waals surface area contributed by atoms with Crippen LogP contribution in [0.2, 0.25) is 0 Å². The molecule has 1 unspecified atom stereocenters. The molecule has 0 saturated carbocycles. The van der Waals surface area contributed by atoms with Crippen molar-refractivity contribution >= 4 is 23.4 Å². The number of anilines is 2. The van der Waals surface area contributed by atoms with Crippen LogP contribution in [0.5, 0.6) is 17.2 Å². The second kappa shape index (κ2) is 13.6. The van der Waals surface area contributed by atoms with E-state index >= 15 is 0 Å². The summed E-state index contributed by atoms with van der Waals surface area (Å²) in [5, 5.41) is 9.33. The molecule has 9 heteroatoms. The largest absolute Gasteiger partial charge is 0.497 e. The Morgan fingerprint density at radius 1 is 1.05 bits per heavy atom. The Balaban J connectivity index is 1.27. The normalized spacial score (nSPS) is 16.9. The summed E-state index contributed by atoms with van der Waals surface area (Å²) in [5.74, 6) is 2.22. The number of rotatable bonds is 10. The van der Waals surface area contributed by atoms with E-state index < -0.39 is 5.97 Å². The number of nitrogens with zero attached hydrogens (tertiary/aromatic N) is 3. The highest BCUT2D eigenvalue weighted by molar-refractivity contribution is 6.09. The molecule has 1 N–H and O–H groups in total. The SMILES string of the molecule is COc1ccc(C(=O)N(CC(C)(C)C)c2ccccn2)c(N2CCC(COc3ccc4c(c3)C(CC(=O)O)CCO4)CC2)c1. The predicted octanol–water partition coefficient (Wildman–Crippen LogP) is 6.42. The maximum absolute atomic E-state index is 14.2. The molecule has 1 aromatic heterocycles. The van der Waals surface area contributed by atoms with Gasteiger partial charge in [0.05, 0.1) is 38.0 Å². The first kappa shape index (κ1) is 31.2. The summed E-state index contributed by atoms with van der Waals surface area (Å²) in [4.78, 5) is 34.1. The molecule has 0 radical (unpaired) electrons. The Morgan fingerprint density at radius 2 is 1.82 bits per heavy atom. The maximum Gasteiger partial charge on any atom is 0.303 e. The zero-order chi connectivity index (χ0) is 31.3. The van der Waals surface area contributed by atoms with Gasteiger partial charge >= 0.3 is 5.97 Å². The van der Waals surface area contributed by atoms with Crippen LogP contribution in [0.15, 0.2) is 60.8 Å². The van der Waals surface area contributed by atoms with Crippen molar-refractivity contribution in [3.63, 3.8) is 0 Å². The Labute approximate surface area is 259 Å². The fraction of sp³-hybridized carbons (Fsp3) is 0.457. The monoisotopic (exact) mass is 601 g/mol. The number of hydrogen-bond donors (Lipinski definition) is 1. The van der Waals surface area contributed by atoms with Crippen LogP contribution < -0.4 is 24.0 Å². The zero-order valence-electron chi connectivity index (χ0n) is 26.1. The van der Waals surface area contributed by atoms with Gasteiger partial charge in [0.2, 0.25) is 0 Å². The van der Waals surface area contributed by atoms with Crippen molar-refractivity contribution in [3.05, 3.63) is 71.9 Å². The van der Waals surface area contributed by atoms with Crippen LogP contribution in [0.4, 0.5) is 11.5 Å². The van der Waals surface area contributed by atoms with Crippen molar-refractivity contribution in [1.29, 1.82) is 0 Å². The number of benzene rings is 2. The summed E-state index contributed by atoms with van der Waals surface area (Å²) in [6.45, 7) is 9.53. The quantitative estimate of drug-likeness (QED) is 0.284. The molecule has 2 aromatic carbocycles. The first-order valence-electron chi connectivity index (χ1n) is 15.4. The Kier molecular flexibility index (Phi) is 9.61. The van der Waals surface area contributed by atoms with Gasteiger partial charge in [0.1, 0.15) is 23.1 Å². The number of amides is 1. The number of ether oxygens (including phenoxy) is 3. The molecule has 0 aliphatic carbocycles. The van der Waals surface area contributed by atoms with E-state index in [1.807, 2.05) is 54.6 Å². The van der Waals surface area contributed by atoms with Gasteiger partial charge in [-0.1, -0.05) is 26.8 Å². The third-order valence-corrected chi connectivity index (χ3v) is 8.25. The van der Waals surface area contributed by atoms with E-state index in [2.05, 4.69) is 30.7 Å². The van der Waals surface area contributed by atoms with E-state index in [1.54, 1.807) is 18.2 Å². The minimum absolute atomic E-state index is 0.0696. The number of carboxylic acids is 1. The molecule has 3 heterocycles. The average Bonchev–Trinajstić information content (AvgIpc) is 3.02. The third-order valence-electron chi connectivity index (χ3n) is 8.25. The van der Waals surface area contributed by atoms with E-state index in [-0.39, 0.29) is 23.7 Å². The Bertz CT molecular complexity index is 1450. The van der Waals surface area contributed by atoms with Gasteiger partial charge in [-0.15, -0.1) is 0 Å². The highest BCUT2D eigenvalue weighted by Crippen LogP contribution is 2.38. The van der Waals surface area contributed by atoms with Gasteiger partial charge in [-0.05, 0) is 73.1 Å². The summed E-state index contributed by atoms with van der Waals surface area (Å²) in [7, 11) is 1.64. The number of aliphatic carboxylic acids is 1.